The number of anilines is 2. The normalized spacial score (nSPS) is 11.4. The fraction of sp³-hybridized carbons (Fsp3) is 0.179. The van der Waals surface area contributed by atoms with Crippen LogP contribution in [0.15, 0.2) is 83.1 Å². The maximum atomic E-state index is 13.0. The van der Waals surface area contributed by atoms with Crippen LogP contribution < -0.4 is 20.1 Å². The van der Waals surface area contributed by atoms with Gasteiger partial charge in [-0.2, -0.15) is 0 Å². The van der Waals surface area contributed by atoms with Crippen molar-refractivity contribution >= 4 is 45.7 Å². The van der Waals surface area contributed by atoms with Crippen molar-refractivity contribution in [1.29, 1.82) is 0 Å². The third-order valence-electron chi connectivity index (χ3n) is 5.50. The highest BCUT2D eigenvalue weighted by molar-refractivity contribution is 8.00. The Morgan fingerprint density at radius 1 is 0.973 bits per heavy atom. The second-order valence-corrected chi connectivity index (χ2v) is 10.1. The SMILES string of the molecule is CCC(Sc1cccc(NC(=O)c2ccc(OC)cc2)c1)C(=O)Nc1nc(-c2ccccc2OC)cs1. The van der Waals surface area contributed by atoms with Crippen molar-refractivity contribution in [3.05, 3.63) is 83.7 Å². The lowest BCUT2D eigenvalue weighted by Crippen LogP contribution is -2.24. The summed E-state index contributed by atoms with van der Waals surface area (Å²) in [6.45, 7) is 1.97. The first-order valence-corrected chi connectivity index (χ1v) is 13.4. The van der Waals surface area contributed by atoms with Gasteiger partial charge in [0, 0.05) is 27.1 Å². The summed E-state index contributed by atoms with van der Waals surface area (Å²) in [5, 5.41) is 7.96. The maximum Gasteiger partial charge on any atom is 0.255 e. The zero-order valence-corrected chi connectivity index (χ0v) is 22.3. The van der Waals surface area contributed by atoms with Crippen LogP contribution in [0.5, 0.6) is 11.5 Å². The molecule has 0 bridgehead atoms. The van der Waals surface area contributed by atoms with Crippen LogP contribution >= 0.6 is 23.1 Å². The minimum absolute atomic E-state index is 0.124. The molecule has 1 atom stereocenters. The molecular weight excluding hydrogens is 506 g/mol. The van der Waals surface area contributed by atoms with E-state index in [4.69, 9.17) is 9.47 Å². The van der Waals surface area contributed by atoms with Gasteiger partial charge >= 0.3 is 0 Å². The summed E-state index contributed by atoms with van der Waals surface area (Å²) in [5.74, 6) is 1.07. The fourth-order valence-corrected chi connectivity index (χ4v) is 5.30. The number of nitrogens with zero attached hydrogens (tertiary/aromatic N) is 1. The molecule has 0 fully saturated rings. The van der Waals surface area contributed by atoms with E-state index in [1.165, 1.54) is 23.1 Å². The number of methoxy groups -OCH3 is 2. The topological polar surface area (TPSA) is 89.5 Å². The van der Waals surface area contributed by atoms with Gasteiger partial charge in [0.05, 0.1) is 25.2 Å². The molecule has 4 rings (SSSR count). The third-order valence-corrected chi connectivity index (χ3v) is 7.62. The lowest BCUT2D eigenvalue weighted by atomic mass is 10.1. The Bertz CT molecular complexity index is 1370. The highest BCUT2D eigenvalue weighted by Gasteiger charge is 2.20. The summed E-state index contributed by atoms with van der Waals surface area (Å²) in [5.41, 5.74) is 2.80. The molecule has 2 amide bonds. The molecule has 190 valence electrons. The highest BCUT2D eigenvalue weighted by atomic mass is 32.2. The summed E-state index contributed by atoms with van der Waals surface area (Å²) < 4.78 is 10.6. The number of aromatic nitrogens is 1. The van der Waals surface area contributed by atoms with Crippen LogP contribution in [0, 0.1) is 0 Å². The molecule has 0 radical (unpaired) electrons. The van der Waals surface area contributed by atoms with Gasteiger partial charge in [-0.15, -0.1) is 23.1 Å². The lowest BCUT2D eigenvalue weighted by Gasteiger charge is -2.14. The third kappa shape index (κ3) is 6.69. The van der Waals surface area contributed by atoms with E-state index in [9.17, 15) is 9.59 Å². The van der Waals surface area contributed by atoms with Gasteiger partial charge in [-0.05, 0) is 61.0 Å². The molecule has 0 aliphatic carbocycles. The number of para-hydroxylation sites is 1. The van der Waals surface area contributed by atoms with Crippen molar-refractivity contribution < 1.29 is 19.1 Å². The van der Waals surface area contributed by atoms with Crippen molar-refractivity contribution in [2.45, 2.75) is 23.5 Å². The predicted octanol–water partition coefficient (Wildman–Crippen LogP) is 6.59. The molecule has 1 heterocycles. The van der Waals surface area contributed by atoms with Gasteiger partial charge in [-0.1, -0.05) is 25.1 Å². The maximum absolute atomic E-state index is 13.0. The average Bonchev–Trinajstić information content (AvgIpc) is 3.40. The number of benzene rings is 3. The number of thiazole rings is 1. The van der Waals surface area contributed by atoms with Gasteiger partial charge in [0.2, 0.25) is 5.91 Å². The van der Waals surface area contributed by atoms with Crippen LogP contribution in [-0.2, 0) is 4.79 Å². The molecule has 3 aromatic carbocycles. The van der Waals surface area contributed by atoms with E-state index in [2.05, 4.69) is 15.6 Å². The second kappa shape index (κ2) is 12.4. The summed E-state index contributed by atoms with van der Waals surface area (Å²) >= 11 is 2.82. The zero-order valence-electron chi connectivity index (χ0n) is 20.7. The van der Waals surface area contributed by atoms with Crippen LogP contribution in [-0.4, -0.2) is 36.3 Å². The summed E-state index contributed by atoms with van der Waals surface area (Å²) in [6, 6.07) is 22.0. The molecule has 9 heteroatoms. The smallest absolute Gasteiger partial charge is 0.255 e. The van der Waals surface area contributed by atoms with E-state index in [1.54, 1.807) is 38.5 Å². The van der Waals surface area contributed by atoms with Crippen LogP contribution in [0.25, 0.3) is 11.3 Å². The Morgan fingerprint density at radius 3 is 2.49 bits per heavy atom. The molecule has 0 aliphatic heterocycles. The predicted molar refractivity (Wildman–Crippen MR) is 150 cm³/mol. The first kappa shape index (κ1) is 26.2. The first-order valence-electron chi connectivity index (χ1n) is 11.6. The first-order chi connectivity index (χ1) is 18.0. The second-order valence-electron chi connectivity index (χ2n) is 7.95. The van der Waals surface area contributed by atoms with Gasteiger partial charge in [0.1, 0.15) is 11.5 Å². The Balaban J connectivity index is 1.40. The number of rotatable bonds is 10. The molecule has 0 saturated heterocycles. The Hall–Kier alpha value is -3.82. The van der Waals surface area contributed by atoms with Crippen molar-refractivity contribution in [2.75, 3.05) is 24.9 Å². The van der Waals surface area contributed by atoms with Gasteiger partial charge in [-0.25, -0.2) is 4.98 Å². The summed E-state index contributed by atoms with van der Waals surface area (Å²) in [4.78, 5) is 31.1. The van der Waals surface area contributed by atoms with E-state index in [-0.39, 0.29) is 17.1 Å². The van der Waals surface area contributed by atoms with Gasteiger partial charge in [-0.3, -0.25) is 9.59 Å². The molecule has 4 aromatic rings. The molecular formula is C28H27N3O4S2. The van der Waals surface area contributed by atoms with Gasteiger partial charge in [0.15, 0.2) is 5.13 Å². The molecule has 1 unspecified atom stereocenters. The molecule has 2 N–H and O–H groups in total. The van der Waals surface area contributed by atoms with E-state index in [0.717, 1.165) is 21.9 Å². The largest absolute Gasteiger partial charge is 0.497 e. The van der Waals surface area contributed by atoms with Crippen molar-refractivity contribution in [3.63, 3.8) is 0 Å². The highest BCUT2D eigenvalue weighted by Crippen LogP contribution is 2.33. The number of hydrogen-bond donors (Lipinski definition) is 2. The lowest BCUT2D eigenvalue weighted by molar-refractivity contribution is -0.115. The van der Waals surface area contributed by atoms with E-state index >= 15 is 0 Å². The fourth-order valence-electron chi connectivity index (χ4n) is 3.58. The monoisotopic (exact) mass is 533 g/mol. The number of thioether (sulfide) groups is 1. The number of ether oxygens (including phenoxy) is 2. The van der Waals surface area contributed by atoms with Crippen LogP contribution in [0.1, 0.15) is 23.7 Å². The Labute approximate surface area is 224 Å². The molecule has 0 saturated carbocycles. The van der Waals surface area contributed by atoms with Crippen molar-refractivity contribution in [1.82, 2.24) is 4.98 Å². The van der Waals surface area contributed by atoms with Crippen LogP contribution in [0.4, 0.5) is 10.8 Å². The van der Waals surface area contributed by atoms with E-state index in [0.29, 0.717) is 28.6 Å². The van der Waals surface area contributed by atoms with Crippen molar-refractivity contribution in [3.8, 4) is 22.8 Å². The number of nitrogens with one attached hydrogen (secondary N) is 2. The zero-order chi connectivity index (χ0) is 26.2. The molecule has 37 heavy (non-hydrogen) atoms. The average molecular weight is 534 g/mol. The number of amides is 2. The molecule has 0 spiro atoms. The minimum atomic E-state index is -0.328. The Kier molecular flexibility index (Phi) is 8.81. The molecule has 1 aromatic heterocycles. The molecule has 7 nitrogen and oxygen atoms in total. The van der Waals surface area contributed by atoms with Gasteiger partial charge < -0.3 is 20.1 Å². The Morgan fingerprint density at radius 2 is 1.76 bits per heavy atom. The van der Waals surface area contributed by atoms with Crippen LogP contribution in [0.3, 0.4) is 0 Å². The van der Waals surface area contributed by atoms with Gasteiger partial charge in [0.25, 0.3) is 5.91 Å². The van der Waals surface area contributed by atoms with E-state index < -0.39 is 0 Å². The quantitative estimate of drug-likeness (QED) is 0.224. The summed E-state index contributed by atoms with van der Waals surface area (Å²) in [6.07, 6.45) is 0.629. The summed E-state index contributed by atoms with van der Waals surface area (Å²) in [7, 11) is 3.20. The van der Waals surface area contributed by atoms with E-state index in [1.807, 2.05) is 60.8 Å². The minimum Gasteiger partial charge on any atom is -0.497 e. The molecule has 0 aliphatic rings. The standard InChI is InChI=1S/C28H27N3O4S2/c1-4-25(27(33)31-28-30-23(17-36-28)22-10-5-6-11-24(22)35-3)37-21-9-7-8-19(16-21)29-26(32)18-12-14-20(34-2)15-13-18/h5-17,25H,4H2,1-3H3,(H,29,32)(H,30,31,33). The van der Waals surface area contributed by atoms with Crippen LogP contribution in [0.2, 0.25) is 0 Å². The van der Waals surface area contributed by atoms with Crippen molar-refractivity contribution in [2.24, 2.45) is 0 Å². The number of carbonyl (C=O) groups is 2. The number of hydrogen-bond acceptors (Lipinski definition) is 7. The number of carbonyl (C=O) groups excluding carboxylic acids is 2.